The first-order chi connectivity index (χ1) is 8.28. The molecule has 2 aliphatic heterocycles. The number of halogens is 1. The third-order valence-electron chi connectivity index (χ3n) is 3.75. The van der Waals surface area contributed by atoms with E-state index in [1.807, 2.05) is 6.20 Å². The minimum Gasteiger partial charge on any atom is -0.480 e. The molecule has 0 saturated carbocycles. The molecule has 0 spiro atoms. The monoisotopic (exact) mass is 253 g/mol. The van der Waals surface area contributed by atoms with Crippen LogP contribution >= 0.6 is 11.6 Å². The van der Waals surface area contributed by atoms with E-state index in [1.54, 1.807) is 13.3 Å². The molecule has 0 amide bonds. The lowest BCUT2D eigenvalue weighted by atomic mass is 10.0. The summed E-state index contributed by atoms with van der Waals surface area (Å²) in [5.74, 6) is 1.51. The van der Waals surface area contributed by atoms with Crippen molar-refractivity contribution in [1.29, 1.82) is 0 Å². The van der Waals surface area contributed by atoms with Crippen molar-refractivity contribution in [2.75, 3.05) is 12.0 Å². The van der Waals surface area contributed by atoms with Crippen molar-refractivity contribution in [3.8, 4) is 5.88 Å². The van der Waals surface area contributed by atoms with Crippen LogP contribution in [0.3, 0.4) is 0 Å². The molecule has 2 aliphatic rings. The van der Waals surface area contributed by atoms with Crippen molar-refractivity contribution in [3.05, 3.63) is 12.4 Å². The Hall–Kier alpha value is -1.03. The van der Waals surface area contributed by atoms with E-state index < -0.39 is 0 Å². The molecule has 3 rings (SSSR count). The normalized spacial score (nSPS) is 31.6. The molecule has 2 fully saturated rings. The number of anilines is 1. The van der Waals surface area contributed by atoms with Gasteiger partial charge >= 0.3 is 0 Å². The average Bonchev–Trinajstić information content (AvgIpc) is 2.62. The second-order valence-electron chi connectivity index (χ2n) is 4.78. The van der Waals surface area contributed by atoms with Crippen molar-refractivity contribution < 1.29 is 4.74 Å². The quantitative estimate of drug-likeness (QED) is 0.758. The van der Waals surface area contributed by atoms with Crippen LogP contribution in [0, 0.1) is 0 Å². The van der Waals surface area contributed by atoms with E-state index in [2.05, 4.69) is 14.9 Å². The second-order valence-corrected chi connectivity index (χ2v) is 5.40. The van der Waals surface area contributed by atoms with Crippen LogP contribution in [0.1, 0.15) is 25.7 Å². The van der Waals surface area contributed by atoms with E-state index in [0.717, 1.165) is 18.7 Å². The summed E-state index contributed by atoms with van der Waals surface area (Å²) < 4.78 is 5.13. The van der Waals surface area contributed by atoms with Crippen LogP contribution in [0.2, 0.25) is 0 Å². The molecule has 0 radical (unpaired) electrons. The molecule has 0 N–H and O–H groups in total. The van der Waals surface area contributed by atoms with E-state index >= 15 is 0 Å². The van der Waals surface area contributed by atoms with Crippen molar-refractivity contribution in [2.45, 2.75) is 43.1 Å². The number of hydrogen-bond acceptors (Lipinski definition) is 4. The Morgan fingerprint density at radius 2 is 2.00 bits per heavy atom. The Balaban J connectivity index is 1.89. The van der Waals surface area contributed by atoms with Gasteiger partial charge in [0.15, 0.2) is 5.82 Å². The van der Waals surface area contributed by atoms with Gasteiger partial charge in [-0.05, 0) is 25.7 Å². The SMILES string of the molecule is COc1cncc(N2C3CCC2CC(Cl)C3)n1. The van der Waals surface area contributed by atoms with Crippen LogP contribution in [-0.2, 0) is 0 Å². The van der Waals surface area contributed by atoms with E-state index in [4.69, 9.17) is 16.3 Å². The number of nitrogens with zero attached hydrogens (tertiary/aromatic N) is 3. The number of methoxy groups -OCH3 is 1. The highest BCUT2D eigenvalue weighted by atomic mass is 35.5. The molecule has 0 aromatic carbocycles. The third kappa shape index (κ3) is 1.95. The highest BCUT2D eigenvalue weighted by Gasteiger charge is 2.40. The average molecular weight is 254 g/mol. The Kier molecular flexibility index (Phi) is 2.82. The van der Waals surface area contributed by atoms with Crippen LogP contribution in [0.5, 0.6) is 5.88 Å². The summed E-state index contributed by atoms with van der Waals surface area (Å²) in [4.78, 5) is 11.0. The van der Waals surface area contributed by atoms with E-state index in [0.29, 0.717) is 23.3 Å². The molecule has 3 heterocycles. The summed E-state index contributed by atoms with van der Waals surface area (Å²) in [5.41, 5.74) is 0. The van der Waals surface area contributed by atoms with Crippen molar-refractivity contribution in [3.63, 3.8) is 0 Å². The van der Waals surface area contributed by atoms with Crippen molar-refractivity contribution in [1.82, 2.24) is 9.97 Å². The largest absolute Gasteiger partial charge is 0.480 e. The van der Waals surface area contributed by atoms with Crippen LogP contribution < -0.4 is 9.64 Å². The van der Waals surface area contributed by atoms with E-state index in [1.165, 1.54) is 12.8 Å². The van der Waals surface area contributed by atoms with Gasteiger partial charge in [-0.15, -0.1) is 11.6 Å². The zero-order valence-corrected chi connectivity index (χ0v) is 10.6. The molecular weight excluding hydrogens is 238 g/mol. The molecule has 0 aliphatic carbocycles. The van der Waals surface area contributed by atoms with Gasteiger partial charge in [-0.25, -0.2) is 0 Å². The lowest BCUT2D eigenvalue weighted by Crippen LogP contribution is -2.44. The van der Waals surface area contributed by atoms with Gasteiger partial charge in [0.05, 0.1) is 19.5 Å². The van der Waals surface area contributed by atoms with Gasteiger partial charge < -0.3 is 9.64 Å². The molecule has 5 heteroatoms. The van der Waals surface area contributed by atoms with Gasteiger partial charge in [-0.3, -0.25) is 4.98 Å². The number of ether oxygens (including phenoxy) is 1. The molecule has 2 unspecified atom stereocenters. The molecule has 2 atom stereocenters. The van der Waals surface area contributed by atoms with Gasteiger partial charge in [-0.2, -0.15) is 4.98 Å². The Labute approximate surface area is 106 Å². The minimum atomic E-state index is 0.322. The second kappa shape index (κ2) is 4.33. The molecule has 2 saturated heterocycles. The maximum Gasteiger partial charge on any atom is 0.233 e. The molecule has 17 heavy (non-hydrogen) atoms. The molecule has 1 aromatic rings. The summed E-state index contributed by atoms with van der Waals surface area (Å²) in [7, 11) is 1.62. The summed E-state index contributed by atoms with van der Waals surface area (Å²) in [6.45, 7) is 0. The van der Waals surface area contributed by atoms with Crippen LogP contribution in [-0.4, -0.2) is 34.5 Å². The fourth-order valence-corrected chi connectivity index (χ4v) is 3.46. The van der Waals surface area contributed by atoms with E-state index in [9.17, 15) is 0 Å². The number of hydrogen-bond donors (Lipinski definition) is 0. The number of fused-ring (bicyclic) bond motifs is 2. The summed E-state index contributed by atoms with van der Waals surface area (Å²) in [6, 6.07) is 1.05. The van der Waals surface area contributed by atoms with E-state index in [-0.39, 0.29) is 0 Å². The molecule has 2 bridgehead atoms. The molecule has 92 valence electrons. The third-order valence-corrected chi connectivity index (χ3v) is 4.11. The first kappa shape index (κ1) is 11.1. The van der Waals surface area contributed by atoms with Crippen LogP contribution in [0.15, 0.2) is 12.4 Å². The zero-order valence-electron chi connectivity index (χ0n) is 9.84. The smallest absolute Gasteiger partial charge is 0.233 e. The van der Waals surface area contributed by atoms with Crippen LogP contribution in [0.4, 0.5) is 5.82 Å². The molecule has 4 nitrogen and oxygen atoms in total. The molecular formula is C12H16ClN3O. The summed E-state index contributed by atoms with van der Waals surface area (Å²) in [6.07, 6.45) is 8.00. The lowest BCUT2D eigenvalue weighted by Gasteiger charge is -2.37. The Bertz CT molecular complexity index is 400. The fraction of sp³-hybridized carbons (Fsp3) is 0.667. The maximum absolute atomic E-state index is 6.27. The first-order valence-electron chi connectivity index (χ1n) is 6.06. The fourth-order valence-electron chi connectivity index (χ4n) is 3.05. The van der Waals surface area contributed by atoms with Crippen molar-refractivity contribution in [2.24, 2.45) is 0 Å². The Morgan fingerprint density at radius 3 is 2.65 bits per heavy atom. The summed E-state index contributed by atoms with van der Waals surface area (Å²) in [5, 5.41) is 0.322. The highest BCUT2D eigenvalue weighted by Crippen LogP contribution is 2.40. The van der Waals surface area contributed by atoms with Crippen LogP contribution in [0.25, 0.3) is 0 Å². The predicted molar refractivity (Wildman–Crippen MR) is 66.7 cm³/mol. The van der Waals surface area contributed by atoms with Gasteiger partial charge in [-0.1, -0.05) is 0 Å². The number of alkyl halides is 1. The zero-order chi connectivity index (χ0) is 11.8. The topological polar surface area (TPSA) is 38.2 Å². The number of rotatable bonds is 2. The standard InChI is InChI=1S/C12H16ClN3O/c1-17-12-7-14-6-11(15-12)16-9-2-3-10(16)5-8(13)4-9/h6-10H,2-5H2,1H3. The van der Waals surface area contributed by atoms with Gasteiger partial charge in [0.1, 0.15) is 0 Å². The lowest BCUT2D eigenvalue weighted by molar-refractivity contribution is 0.393. The number of aromatic nitrogens is 2. The Morgan fingerprint density at radius 1 is 1.29 bits per heavy atom. The van der Waals surface area contributed by atoms with Gasteiger partial charge in [0.2, 0.25) is 5.88 Å². The summed E-state index contributed by atoms with van der Waals surface area (Å²) >= 11 is 6.27. The van der Waals surface area contributed by atoms with Gasteiger partial charge in [0, 0.05) is 17.5 Å². The maximum atomic E-state index is 6.27. The highest BCUT2D eigenvalue weighted by molar-refractivity contribution is 6.20. The molecule has 1 aromatic heterocycles. The van der Waals surface area contributed by atoms with Gasteiger partial charge in [0.25, 0.3) is 0 Å². The van der Waals surface area contributed by atoms with Crippen molar-refractivity contribution >= 4 is 17.4 Å². The predicted octanol–water partition coefficient (Wildman–Crippen LogP) is 2.22. The number of piperidine rings is 1. The first-order valence-corrected chi connectivity index (χ1v) is 6.50. The minimum absolute atomic E-state index is 0.322.